The average molecular weight is 430 g/mol. The van der Waals surface area contributed by atoms with Crippen LogP contribution in [0.5, 0.6) is 0 Å². The zero-order valence-electron chi connectivity index (χ0n) is 15.0. The van der Waals surface area contributed by atoms with Crippen molar-refractivity contribution in [1.29, 1.82) is 0 Å². The fourth-order valence-electron chi connectivity index (χ4n) is 3.21. The minimum atomic E-state index is -0.805. The minimum absolute atomic E-state index is 0.00399. The second-order valence-corrected chi connectivity index (χ2v) is 7.63. The highest BCUT2D eigenvalue weighted by Crippen LogP contribution is 2.39. The Morgan fingerprint density at radius 3 is 2.26 bits per heavy atom. The molecule has 2 N–H and O–H groups in total. The molecule has 140 valence electrons. The lowest BCUT2D eigenvalue weighted by Gasteiger charge is -2.26. The van der Waals surface area contributed by atoms with Crippen LogP contribution in [0.3, 0.4) is 0 Å². The number of nitrogens with zero attached hydrogens (tertiary/aromatic N) is 1. The van der Waals surface area contributed by atoms with E-state index < -0.39 is 23.8 Å². The van der Waals surface area contributed by atoms with Crippen molar-refractivity contribution < 1.29 is 19.8 Å². The maximum atomic E-state index is 12.7. The van der Waals surface area contributed by atoms with Crippen molar-refractivity contribution in [2.75, 3.05) is 6.54 Å². The quantitative estimate of drug-likeness (QED) is 0.442. The van der Waals surface area contributed by atoms with E-state index in [2.05, 4.69) is 15.9 Å². The van der Waals surface area contributed by atoms with E-state index in [-0.39, 0.29) is 17.9 Å². The monoisotopic (exact) mass is 429 g/mol. The second kappa shape index (κ2) is 7.66. The molecule has 1 aliphatic rings. The van der Waals surface area contributed by atoms with Gasteiger partial charge in [-0.3, -0.25) is 9.59 Å². The summed E-state index contributed by atoms with van der Waals surface area (Å²) in [6.07, 6.45) is -0.805. The molecule has 3 rings (SSSR count). The normalized spacial score (nSPS) is 20.1. The van der Waals surface area contributed by atoms with E-state index in [1.807, 2.05) is 31.2 Å². The molecule has 5 nitrogen and oxygen atoms in total. The number of carbonyl (C=O) groups excluding carboxylic acids is 2. The Morgan fingerprint density at radius 2 is 1.70 bits per heavy atom. The van der Waals surface area contributed by atoms with Crippen LogP contribution in [-0.2, 0) is 9.59 Å². The van der Waals surface area contributed by atoms with Crippen molar-refractivity contribution in [3.8, 4) is 0 Å². The minimum Gasteiger partial charge on any atom is -0.507 e. The summed E-state index contributed by atoms with van der Waals surface area (Å²) in [7, 11) is 0. The molecular formula is C21H20BrNO4. The number of benzene rings is 2. The van der Waals surface area contributed by atoms with Crippen molar-refractivity contribution in [3.05, 3.63) is 75.3 Å². The van der Waals surface area contributed by atoms with E-state index in [9.17, 15) is 19.8 Å². The topological polar surface area (TPSA) is 77.8 Å². The highest BCUT2D eigenvalue weighted by atomic mass is 79.9. The zero-order valence-corrected chi connectivity index (χ0v) is 16.6. The van der Waals surface area contributed by atoms with Gasteiger partial charge in [0.2, 0.25) is 0 Å². The number of hydrogen-bond acceptors (Lipinski definition) is 4. The average Bonchev–Trinajstić information content (AvgIpc) is 2.87. The highest BCUT2D eigenvalue weighted by Gasteiger charge is 2.46. The lowest BCUT2D eigenvalue weighted by atomic mass is 9.95. The van der Waals surface area contributed by atoms with Crippen LogP contribution < -0.4 is 0 Å². The summed E-state index contributed by atoms with van der Waals surface area (Å²) in [5.74, 6) is -1.69. The van der Waals surface area contributed by atoms with Crippen molar-refractivity contribution in [3.63, 3.8) is 0 Å². The molecule has 2 aromatic rings. The molecule has 0 aliphatic carbocycles. The van der Waals surface area contributed by atoms with Crippen LogP contribution in [0.4, 0.5) is 0 Å². The number of halogens is 1. The Balaban J connectivity index is 2.17. The van der Waals surface area contributed by atoms with E-state index in [0.29, 0.717) is 11.1 Å². The first kappa shape index (κ1) is 19.3. The lowest BCUT2D eigenvalue weighted by molar-refractivity contribution is -0.140. The van der Waals surface area contributed by atoms with Gasteiger partial charge in [-0.25, -0.2) is 0 Å². The smallest absolute Gasteiger partial charge is 0.295 e. The number of hydrogen-bond donors (Lipinski definition) is 2. The number of β-amino-alcohol motifs (C(OH)–C–C–N with tert-alkyl or cyclic N) is 1. The molecule has 6 heteroatoms. The first-order valence-corrected chi connectivity index (χ1v) is 9.38. The number of carbonyl (C=O) groups is 2. The Morgan fingerprint density at radius 1 is 1.11 bits per heavy atom. The third kappa shape index (κ3) is 3.82. The third-order valence-corrected chi connectivity index (χ3v) is 5.04. The van der Waals surface area contributed by atoms with Crippen LogP contribution in [0, 0.1) is 6.92 Å². The third-order valence-electron chi connectivity index (χ3n) is 4.51. The second-order valence-electron chi connectivity index (χ2n) is 6.72. The fourth-order valence-corrected chi connectivity index (χ4v) is 3.48. The summed E-state index contributed by atoms with van der Waals surface area (Å²) in [4.78, 5) is 26.6. The SMILES string of the molecule is Cc1ccc(/C(O)=C2/C(=O)C(=O)N(CC(C)O)C2c2ccc(Br)cc2)cc1. The number of Topliss-reactive ketones (excluding diaryl/α,β-unsaturated/α-hetero) is 1. The van der Waals surface area contributed by atoms with Crippen LogP contribution in [0.1, 0.15) is 29.7 Å². The lowest BCUT2D eigenvalue weighted by Crippen LogP contribution is -2.35. The summed E-state index contributed by atoms with van der Waals surface area (Å²) in [5.41, 5.74) is 2.21. The Kier molecular flexibility index (Phi) is 5.48. The van der Waals surface area contributed by atoms with Crippen LogP contribution in [0.2, 0.25) is 0 Å². The van der Waals surface area contributed by atoms with Gasteiger partial charge in [0, 0.05) is 16.6 Å². The maximum Gasteiger partial charge on any atom is 0.295 e. The van der Waals surface area contributed by atoms with Crippen LogP contribution in [-0.4, -0.2) is 39.5 Å². The number of amides is 1. The highest BCUT2D eigenvalue weighted by molar-refractivity contribution is 9.10. The van der Waals surface area contributed by atoms with E-state index in [4.69, 9.17) is 0 Å². The molecule has 0 saturated carbocycles. The molecule has 1 aliphatic heterocycles. The Labute approximate surface area is 166 Å². The first-order valence-electron chi connectivity index (χ1n) is 8.58. The van der Waals surface area contributed by atoms with Gasteiger partial charge < -0.3 is 15.1 Å². The van der Waals surface area contributed by atoms with Gasteiger partial charge in [-0.1, -0.05) is 57.9 Å². The van der Waals surface area contributed by atoms with Crippen molar-refractivity contribution in [2.45, 2.75) is 26.0 Å². The number of likely N-dealkylation sites (tertiary alicyclic amines) is 1. The molecule has 2 aromatic carbocycles. The van der Waals surface area contributed by atoms with Gasteiger partial charge in [0.25, 0.3) is 11.7 Å². The molecule has 0 aromatic heterocycles. The maximum absolute atomic E-state index is 12.7. The van der Waals surface area contributed by atoms with Gasteiger partial charge in [-0.2, -0.15) is 0 Å². The predicted molar refractivity (Wildman–Crippen MR) is 106 cm³/mol. The standard InChI is InChI=1S/C21H20BrNO4/c1-12-3-5-15(6-4-12)19(25)17-18(14-7-9-16(22)10-8-14)23(11-13(2)24)21(27)20(17)26/h3-10,13,18,24-25H,11H2,1-2H3/b19-17-. The van der Waals surface area contributed by atoms with Gasteiger partial charge in [0.1, 0.15) is 5.76 Å². The van der Waals surface area contributed by atoms with Gasteiger partial charge in [-0.15, -0.1) is 0 Å². The van der Waals surface area contributed by atoms with Crippen LogP contribution >= 0.6 is 15.9 Å². The number of aliphatic hydroxyl groups is 2. The molecule has 2 unspecified atom stereocenters. The molecule has 1 amide bonds. The zero-order chi connectivity index (χ0) is 19.7. The van der Waals surface area contributed by atoms with Gasteiger partial charge in [0.15, 0.2) is 0 Å². The first-order chi connectivity index (χ1) is 12.8. The fraction of sp³-hybridized carbons (Fsp3) is 0.238. The van der Waals surface area contributed by atoms with Crippen molar-refractivity contribution in [1.82, 2.24) is 4.90 Å². The number of ketones is 1. The molecule has 1 heterocycles. The van der Waals surface area contributed by atoms with Gasteiger partial charge in [-0.05, 0) is 31.5 Å². The van der Waals surface area contributed by atoms with Gasteiger partial charge in [0.05, 0.1) is 17.7 Å². The summed E-state index contributed by atoms with van der Waals surface area (Å²) < 4.78 is 0.859. The summed E-state index contributed by atoms with van der Waals surface area (Å²) in [5, 5.41) is 20.7. The van der Waals surface area contributed by atoms with E-state index in [0.717, 1.165) is 10.0 Å². The van der Waals surface area contributed by atoms with Crippen molar-refractivity contribution >= 4 is 33.4 Å². The van der Waals surface area contributed by atoms with Crippen molar-refractivity contribution in [2.24, 2.45) is 0 Å². The Hall–Kier alpha value is -2.44. The van der Waals surface area contributed by atoms with Gasteiger partial charge >= 0.3 is 0 Å². The summed E-state index contributed by atoms with van der Waals surface area (Å²) in [6, 6.07) is 13.5. The summed E-state index contributed by atoms with van der Waals surface area (Å²) >= 11 is 3.37. The van der Waals surface area contributed by atoms with E-state index >= 15 is 0 Å². The largest absolute Gasteiger partial charge is 0.507 e. The van der Waals surface area contributed by atoms with Crippen LogP contribution in [0.15, 0.2) is 58.6 Å². The molecule has 27 heavy (non-hydrogen) atoms. The molecule has 0 radical (unpaired) electrons. The van der Waals surface area contributed by atoms with Crippen LogP contribution in [0.25, 0.3) is 5.76 Å². The number of aliphatic hydroxyl groups excluding tert-OH is 2. The predicted octanol–water partition coefficient (Wildman–Crippen LogP) is 3.56. The molecule has 0 spiro atoms. The molecule has 1 fully saturated rings. The summed E-state index contributed by atoms with van der Waals surface area (Å²) in [6.45, 7) is 3.47. The molecule has 2 atom stereocenters. The van der Waals surface area contributed by atoms with E-state index in [1.54, 1.807) is 31.2 Å². The Bertz CT molecular complexity index is 901. The molecule has 0 bridgehead atoms. The van der Waals surface area contributed by atoms with E-state index in [1.165, 1.54) is 4.90 Å². The number of aryl methyl sites for hydroxylation is 1. The molecular weight excluding hydrogens is 410 g/mol. The molecule has 1 saturated heterocycles. The number of rotatable bonds is 4.